The van der Waals surface area contributed by atoms with Crippen molar-refractivity contribution in [3.8, 4) is 0 Å². The van der Waals surface area contributed by atoms with Gasteiger partial charge < -0.3 is 0 Å². The summed E-state index contributed by atoms with van der Waals surface area (Å²) in [4.78, 5) is 12.1. The van der Waals surface area contributed by atoms with E-state index in [4.69, 9.17) is 0 Å². The Morgan fingerprint density at radius 3 is 2.83 bits per heavy atom. The van der Waals surface area contributed by atoms with Crippen molar-refractivity contribution in [2.45, 2.75) is 6.54 Å². The molecule has 0 saturated heterocycles. The zero-order valence-corrected chi connectivity index (χ0v) is 13.8. The van der Waals surface area contributed by atoms with E-state index < -0.39 is 0 Å². The number of Topliss-reactive ketones (excluding diaryl/α,β-unsaturated/α-hetero) is 1. The van der Waals surface area contributed by atoms with Gasteiger partial charge in [0.1, 0.15) is 0 Å². The first-order valence-corrected chi connectivity index (χ1v) is 7.82. The van der Waals surface area contributed by atoms with Crippen molar-refractivity contribution in [2.24, 2.45) is 5.10 Å². The maximum Gasteiger partial charge on any atom is 0.289 e. The molecule has 3 aromatic rings. The number of ketones is 1. The van der Waals surface area contributed by atoms with Crippen molar-refractivity contribution < 1.29 is 9.47 Å². The van der Waals surface area contributed by atoms with Gasteiger partial charge in [-0.15, -0.1) is 14.5 Å². The molecule has 3 rings (SSSR count). The predicted octanol–water partition coefficient (Wildman–Crippen LogP) is 2.70. The van der Waals surface area contributed by atoms with Gasteiger partial charge in [0, 0.05) is 15.1 Å². The summed E-state index contributed by atoms with van der Waals surface area (Å²) in [6.07, 6.45) is 4.97. The number of carbonyl (C=O) groups excluding carboxylic acids is 1. The van der Waals surface area contributed by atoms with E-state index in [9.17, 15) is 4.79 Å². The van der Waals surface area contributed by atoms with Gasteiger partial charge in [0.05, 0.1) is 6.21 Å². The Bertz CT molecular complexity index is 843. The van der Waals surface area contributed by atoms with Crippen LogP contribution in [0.25, 0.3) is 0 Å². The molecule has 23 heavy (non-hydrogen) atoms. The second-order valence-corrected chi connectivity index (χ2v) is 5.83. The number of benzene rings is 2. The van der Waals surface area contributed by atoms with E-state index in [-0.39, 0.29) is 12.3 Å². The number of aromatic nitrogens is 3. The van der Waals surface area contributed by atoms with E-state index in [1.807, 2.05) is 42.5 Å². The van der Waals surface area contributed by atoms with Gasteiger partial charge in [0.25, 0.3) is 6.33 Å². The molecule has 0 unspecified atom stereocenters. The zero-order valence-electron chi connectivity index (χ0n) is 12.2. The lowest BCUT2D eigenvalue weighted by molar-refractivity contribution is -0.679. The average Bonchev–Trinajstić information content (AvgIpc) is 3.01. The van der Waals surface area contributed by atoms with Crippen molar-refractivity contribution in [3.63, 3.8) is 0 Å². The lowest BCUT2D eigenvalue weighted by Crippen LogP contribution is -2.24. The molecule has 5 nitrogen and oxygen atoms in total. The molecule has 0 amide bonds. The molecule has 114 valence electrons. The van der Waals surface area contributed by atoms with E-state index >= 15 is 0 Å². The highest BCUT2D eigenvalue weighted by atomic mass is 79.9. The summed E-state index contributed by atoms with van der Waals surface area (Å²) >= 11 is 3.42. The van der Waals surface area contributed by atoms with Gasteiger partial charge in [-0.1, -0.05) is 58.4 Å². The van der Waals surface area contributed by atoms with Crippen LogP contribution in [0.3, 0.4) is 0 Å². The second kappa shape index (κ2) is 7.11. The van der Waals surface area contributed by atoms with Crippen molar-refractivity contribution in [1.82, 2.24) is 9.78 Å². The monoisotopic (exact) mass is 369 g/mol. The summed E-state index contributed by atoms with van der Waals surface area (Å²) < 4.78 is 4.13. The van der Waals surface area contributed by atoms with Crippen molar-refractivity contribution >= 4 is 27.9 Å². The zero-order chi connectivity index (χ0) is 16.1. The van der Waals surface area contributed by atoms with Crippen LogP contribution in [0, 0.1) is 0 Å². The van der Waals surface area contributed by atoms with Crippen LogP contribution in [0.15, 0.2) is 76.8 Å². The van der Waals surface area contributed by atoms with E-state index in [2.05, 4.69) is 26.1 Å². The highest BCUT2D eigenvalue weighted by molar-refractivity contribution is 9.10. The summed E-state index contributed by atoms with van der Waals surface area (Å²) in [5.41, 5.74) is 1.65. The van der Waals surface area contributed by atoms with E-state index in [0.29, 0.717) is 5.56 Å². The van der Waals surface area contributed by atoms with Crippen LogP contribution in [0.5, 0.6) is 0 Å². The molecule has 0 aliphatic heterocycles. The molecule has 1 heterocycles. The molecule has 0 bridgehead atoms. The van der Waals surface area contributed by atoms with Gasteiger partial charge >= 0.3 is 0 Å². The van der Waals surface area contributed by atoms with Crippen LogP contribution >= 0.6 is 15.9 Å². The van der Waals surface area contributed by atoms with E-state index in [0.717, 1.165) is 10.0 Å². The quantitative estimate of drug-likeness (QED) is 0.394. The van der Waals surface area contributed by atoms with Crippen LogP contribution in [0.4, 0.5) is 0 Å². The molecule has 1 aromatic heterocycles. The van der Waals surface area contributed by atoms with Crippen LogP contribution in [0.1, 0.15) is 15.9 Å². The lowest BCUT2D eigenvalue weighted by atomic mass is 10.1. The van der Waals surface area contributed by atoms with Crippen molar-refractivity contribution in [3.05, 3.63) is 82.9 Å². The molecule has 0 atom stereocenters. The standard InChI is InChI=1S/C17H14BrN4O/c18-16-8-4-5-14(9-16)10-19-22-12-20-21(13-22)11-17(23)15-6-2-1-3-7-15/h1-10,12-13H,11H2/q+1/b19-10+. The van der Waals surface area contributed by atoms with Crippen molar-refractivity contribution in [1.29, 1.82) is 0 Å². The average molecular weight is 370 g/mol. The molecule has 2 aromatic carbocycles. The van der Waals surface area contributed by atoms with Crippen molar-refractivity contribution in [2.75, 3.05) is 0 Å². The number of carbonyl (C=O) groups is 1. The van der Waals surface area contributed by atoms with Crippen LogP contribution in [-0.4, -0.2) is 21.8 Å². The lowest BCUT2D eigenvalue weighted by Gasteiger charge is -1.95. The molecule has 0 spiro atoms. The highest BCUT2D eigenvalue weighted by Gasteiger charge is 2.12. The third-order valence-corrected chi connectivity index (χ3v) is 3.65. The number of nitrogens with zero attached hydrogens (tertiary/aromatic N) is 4. The van der Waals surface area contributed by atoms with E-state index in [1.54, 1.807) is 40.4 Å². The maximum atomic E-state index is 12.1. The summed E-state index contributed by atoms with van der Waals surface area (Å²) in [5.74, 6) is 0.0109. The fourth-order valence-corrected chi connectivity index (χ4v) is 2.46. The number of hydrogen-bond donors (Lipinski definition) is 0. The summed E-state index contributed by atoms with van der Waals surface area (Å²) in [6.45, 7) is 0.184. The minimum atomic E-state index is 0.0109. The molecule has 0 radical (unpaired) electrons. The van der Waals surface area contributed by atoms with Gasteiger partial charge in [-0.05, 0) is 17.7 Å². The minimum absolute atomic E-state index is 0.0109. The molecular weight excluding hydrogens is 356 g/mol. The maximum absolute atomic E-state index is 12.1. The Morgan fingerprint density at radius 1 is 1.22 bits per heavy atom. The van der Waals surface area contributed by atoms with Gasteiger partial charge in [0.15, 0.2) is 12.3 Å². The molecule has 0 N–H and O–H groups in total. The predicted molar refractivity (Wildman–Crippen MR) is 90.3 cm³/mol. The first-order chi connectivity index (χ1) is 11.2. The van der Waals surface area contributed by atoms with Gasteiger partial charge in [-0.2, -0.15) is 0 Å². The number of halogens is 1. The molecule has 0 aliphatic carbocycles. The minimum Gasteiger partial charge on any atom is -0.290 e. The normalized spacial score (nSPS) is 11.0. The fourth-order valence-electron chi connectivity index (χ4n) is 2.04. The van der Waals surface area contributed by atoms with Crippen LogP contribution in [0.2, 0.25) is 0 Å². The smallest absolute Gasteiger partial charge is 0.289 e. The largest absolute Gasteiger partial charge is 0.290 e. The van der Waals surface area contributed by atoms with Crippen LogP contribution in [-0.2, 0) is 6.54 Å². The van der Waals surface area contributed by atoms with Crippen LogP contribution < -0.4 is 4.68 Å². The Hall–Kier alpha value is -2.60. The molecule has 0 fully saturated rings. The first kappa shape index (κ1) is 15.3. The summed E-state index contributed by atoms with van der Waals surface area (Å²) in [6, 6.07) is 17.0. The third-order valence-electron chi connectivity index (χ3n) is 3.16. The summed E-state index contributed by atoms with van der Waals surface area (Å²) in [7, 11) is 0. The third kappa shape index (κ3) is 4.20. The Kier molecular flexibility index (Phi) is 4.73. The molecule has 0 saturated carbocycles. The Balaban J connectivity index is 1.67. The molecular formula is C17H14BrN4O+. The van der Waals surface area contributed by atoms with E-state index in [1.165, 1.54) is 0 Å². The van der Waals surface area contributed by atoms with Gasteiger partial charge in [0.2, 0.25) is 6.33 Å². The molecule has 0 aliphatic rings. The molecule has 6 heteroatoms. The Morgan fingerprint density at radius 2 is 2.04 bits per heavy atom. The second-order valence-electron chi connectivity index (χ2n) is 4.91. The van der Waals surface area contributed by atoms with Gasteiger partial charge in [-0.25, -0.2) is 0 Å². The summed E-state index contributed by atoms with van der Waals surface area (Å²) in [5, 5.41) is 8.44. The fraction of sp³-hybridized carbons (Fsp3) is 0.0588. The highest BCUT2D eigenvalue weighted by Crippen LogP contribution is 2.09. The number of rotatable bonds is 5. The first-order valence-electron chi connectivity index (χ1n) is 7.02. The van der Waals surface area contributed by atoms with Gasteiger partial charge in [-0.3, -0.25) is 4.79 Å². The SMILES string of the molecule is O=C(Cn1c[n+](/N=C/c2cccc(Br)c2)cn1)c1ccccc1. The topological polar surface area (TPSA) is 51.1 Å². The number of hydrogen-bond acceptors (Lipinski definition) is 3. The Labute approximate surface area is 142 Å².